The first kappa shape index (κ1) is 26.8. The smallest absolute Gasteiger partial charge is 0.0635 e. The van der Waals surface area contributed by atoms with Crippen molar-refractivity contribution in [3.8, 4) is 33.8 Å². The van der Waals surface area contributed by atoms with Gasteiger partial charge in [-0.05, 0) is 98.9 Å². The van der Waals surface area contributed by atoms with E-state index >= 15 is 0 Å². The third-order valence-electron chi connectivity index (χ3n) is 9.84. The summed E-state index contributed by atoms with van der Waals surface area (Å²) in [5.41, 5.74) is 10.7. The Kier molecular flexibility index (Phi) is 5.91. The molecule has 2 heterocycles. The minimum atomic E-state index is 1.15. The van der Waals surface area contributed by atoms with Crippen molar-refractivity contribution < 1.29 is 0 Å². The molecule has 0 unspecified atom stereocenters. The Morgan fingerprint density at radius 3 is 1.75 bits per heavy atom. The molecular weight excluding hydrogens is 581 g/mol. The Hall–Kier alpha value is -6.38. The van der Waals surface area contributed by atoms with Gasteiger partial charge in [0.2, 0.25) is 0 Å². The molecule has 0 saturated carbocycles. The van der Waals surface area contributed by atoms with Crippen LogP contribution in [0.2, 0.25) is 0 Å². The zero-order valence-electron chi connectivity index (χ0n) is 26.2. The standard InChI is InChI=1S/C46H30N2/c1-3-12-31(13-4-1)45-30-42-44(47(45)38-17-5-2-6-18-38)25-24-41-40-20-9-10-21-43(40)48(46(41)42)39-19-11-16-34(29-39)35-22-23-36-26-32-14-7-8-15-33(32)27-37(36)28-35/h1-30H. The van der Waals surface area contributed by atoms with Gasteiger partial charge in [0.1, 0.15) is 0 Å². The summed E-state index contributed by atoms with van der Waals surface area (Å²) in [4.78, 5) is 0. The van der Waals surface area contributed by atoms with Gasteiger partial charge in [-0.15, -0.1) is 0 Å². The van der Waals surface area contributed by atoms with Crippen LogP contribution in [0.15, 0.2) is 182 Å². The maximum atomic E-state index is 2.47. The predicted octanol–water partition coefficient (Wildman–Crippen LogP) is 12.4. The van der Waals surface area contributed by atoms with E-state index in [1.165, 1.54) is 76.6 Å². The van der Waals surface area contributed by atoms with Crippen molar-refractivity contribution in [1.82, 2.24) is 9.13 Å². The Morgan fingerprint density at radius 2 is 0.917 bits per heavy atom. The predicted molar refractivity (Wildman–Crippen MR) is 203 cm³/mol. The van der Waals surface area contributed by atoms with Crippen molar-refractivity contribution in [2.45, 2.75) is 0 Å². The SMILES string of the molecule is c1ccc(-c2cc3c(ccc4c5ccccc5n(-c5cccc(-c6ccc7cc8ccccc8cc7c6)c5)c43)n2-c2ccccc2)cc1. The van der Waals surface area contributed by atoms with Crippen LogP contribution in [0.3, 0.4) is 0 Å². The van der Waals surface area contributed by atoms with Crippen LogP contribution < -0.4 is 0 Å². The summed E-state index contributed by atoms with van der Waals surface area (Å²) in [6.07, 6.45) is 0. The lowest BCUT2D eigenvalue weighted by atomic mass is 9.98. The Labute approximate surface area is 278 Å². The molecule has 10 rings (SSSR count). The van der Waals surface area contributed by atoms with E-state index in [0.717, 1.165) is 11.4 Å². The normalized spacial score (nSPS) is 11.8. The van der Waals surface area contributed by atoms with E-state index in [1.54, 1.807) is 0 Å². The van der Waals surface area contributed by atoms with Crippen molar-refractivity contribution in [3.05, 3.63) is 182 Å². The van der Waals surface area contributed by atoms with Crippen LogP contribution in [0.5, 0.6) is 0 Å². The first-order valence-electron chi connectivity index (χ1n) is 16.5. The molecule has 0 amide bonds. The highest BCUT2D eigenvalue weighted by Crippen LogP contribution is 2.41. The van der Waals surface area contributed by atoms with Crippen LogP contribution in [0, 0.1) is 0 Å². The minimum absolute atomic E-state index is 1.15. The van der Waals surface area contributed by atoms with Gasteiger partial charge in [-0.1, -0.05) is 121 Å². The van der Waals surface area contributed by atoms with Crippen LogP contribution in [0.25, 0.3) is 88.0 Å². The highest BCUT2D eigenvalue weighted by atomic mass is 15.0. The average Bonchev–Trinajstić information content (AvgIpc) is 3.71. The molecule has 0 bridgehead atoms. The van der Waals surface area contributed by atoms with Crippen LogP contribution in [-0.4, -0.2) is 9.13 Å². The molecule has 2 aromatic heterocycles. The van der Waals surface area contributed by atoms with Crippen LogP contribution >= 0.6 is 0 Å². The topological polar surface area (TPSA) is 9.86 Å². The first-order valence-corrected chi connectivity index (χ1v) is 16.5. The zero-order valence-corrected chi connectivity index (χ0v) is 26.2. The summed E-state index contributed by atoms with van der Waals surface area (Å²) >= 11 is 0. The van der Waals surface area contributed by atoms with E-state index in [0.29, 0.717) is 0 Å². The second-order valence-corrected chi connectivity index (χ2v) is 12.6. The summed E-state index contributed by atoms with van der Waals surface area (Å²) < 4.78 is 4.87. The van der Waals surface area contributed by atoms with Gasteiger partial charge in [-0.25, -0.2) is 0 Å². The summed E-state index contributed by atoms with van der Waals surface area (Å²) in [5.74, 6) is 0. The Morgan fingerprint density at radius 1 is 0.292 bits per heavy atom. The molecule has 2 nitrogen and oxygen atoms in total. The van der Waals surface area contributed by atoms with Gasteiger partial charge in [0, 0.05) is 27.5 Å². The molecule has 0 N–H and O–H groups in total. The lowest BCUT2D eigenvalue weighted by Gasteiger charge is -2.13. The van der Waals surface area contributed by atoms with Crippen LogP contribution in [0.4, 0.5) is 0 Å². The molecule has 2 heteroatoms. The fraction of sp³-hybridized carbons (Fsp3) is 0. The van der Waals surface area contributed by atoms with Crippen LogP contribution in [0.1, 0.15) is 0 Å². The number of hydrogen-bond acceptors (Lipinski definition) is 0. The lowest BCUT2D eigenvalue weighted by Crippen LogP contribution is -1.97. The number of rotatable bonds is 4. The zero-order chi connectivity index (χ0) is 31.6. The minimum Gasteiger partial charge on any atom is -0.309 e. The van der Waals surface area contributed by atoms with Gasteiger partial charge in [-0.3, -0.25) is 0 Å². The third kappa shape index (κ3) is 4.13. The first-order chi connectivity index (χ1) is 23.8. The molecule has 0 aliphatic carbocycles. The Balaban J connectivity index is 1.23. The number of benzene rings is 8. The largest absolute Gasteiger partial charge is 0.309 e. The second kappa shape index (κ2) is 10.6. The van der Waals surface area contributed by atoms with E-state index in [1.807, 2.05) is 0 Å². The number of fused-ring (bicyclic) bond motifs is 7. The molecule has 0 fully saturated rings. The van der Waals surface area contributed by atoms with Crippen molar-refractivity contribution >= 4 is 54.3 Å². The highest BCUT2D eigenvalue weighted by Gasteiger charge is 2.20. The molecule has 0 aliphatic rings. The molecule has 0 spiro atoms. The van der Waals surface area contributed by atoms with Crippen molar-refractivity contribution in [2.75, 3.05) is 0 Å². The highest BCUT2D eigenvalue weighted by molar-refractivity contribution is 6.19. The average molecular weight is 611 g/mol. The summed E-state index contributed by atoms with van der Waals surface area (Å²) in [6.45, 7) is 0. The van der Waals surface area contributed by atoms with E-state index in [2.05, 4.69) is 191 Å². The number of para-hydroxylation sites is 2. The van der Waals surface area contributed by atoms with E-state index < -0.39 is 0 Å². The van der Waals surface area contributed by atoms with Crippen molar-refractivity contribution in [3.63, 3.8) is 0 Å². The van der Waals surface area contributed by atoms with Crippen molar-refractivity contribution in [2.24, 2.45) is 0 Å². The molecule has 8 aromatic carbocycles. The molecule has 0 atom stereocenters. The molecule has 48 heavy (non-hydrogen) atoms. The van der Waals surface area contributed by atoms with Gasteiger partial charge in [0.25, 0.3) is 0 Å². The van der Waals surface area contributed by atoms with Crippen molar-refractivity contribution in [1.29, 1.82) is 0 Å². The molecule has 224 valence electrons. The number of hydrogen-bond donors (Lipinski definition) is 0. The fourth-order valence-electron chi connectivity index (χ4n) is 7.63. The number of aromatic nitrogens is 2. The fourth-order valence-corrected chi connectivity index (χ4v) is 7.63. The van der Waals surface area contributed by atoms with E-state index in [9.17, 15) is 0 Å². The van der Waals surface area contributed by atoms with E-state index in [-0.39, 0.29) is 0 Å². The molecule has 10 aromatic rings. The van der Waals surface area contributed by atoms with Crippen LogP contribution in [-0.2, 0) is 0 Å². The van der Waals surface area contributed by atoms with Gasteiger partial charge in [0.15, 0.2) is 0 Å². The van der Waals surface area contributed by atoms with Gasteiger partial charge in [0.05, 0.1) is 22.2 Å². The number of nitrogens with zero attached hydrogens (tertiary/aromatic N) is 2. The monoisotopic (exact) mass is 610 g/mol. The van der Waals surface area contributed by atoms with E-state index in [4.69, 9.17) is 0 Å². The quantitative estimate of drug-likeness (QED) is 0.175. The summed E-state index contributed by atoms with van der Waals surface area (Å²) in [6, 6.07) is 66.3. The second-order valence-electron chi connectivity index (χ2n) is 12.6. The third-order valence-corrected chi connectivity index (χ3v) is 9.84. The maximum Gasteiger partial charge on any atom is 0.0635 e. The summed E-state index contributed by atoms with van der Waals surface area (Å²) in [7, 11) is 0. The lowest BCUT2D eigenvalue weighted by molar-refractivity contribution is 1.13. The van der Waals surface area contributed by atoms with Gasteiger partial charge in [-0.2, -0.15) is 0 Å². The Bertz CT molecular complexity index is 2820. The van der Waals surface area contributed by atoms with Gasteiger partial charge < -0.3 is 9.13 Å². The molecule has 0 aliphatic heterocycles. The molecular formula is C46H30N2. The molecule has 0 radical (unpaired) electrons. The maximum absolute atomic E-state index is 2.47. The molecule has 0 saturated heterocycles. The van der Waals surface area contributed by atoms with Gasteiger partial charge >= 0.3 is 0 Å². The summed E-state index contributed by atoms with van der Waals surface area (Å²) in [5, 5.41) is 8.80.